The van der Waals surface area contributed by atoms with Gasteiger partial charge < -0.3 is 15.2 Å². The Morgan fingerprint density at radius 1 is 1.22 bits per heavy atom. The summed E-state index contributed by atoms with van der Waals surface area (Å²) >= 11 is 0. The summed E-state index contributed by atoms with van der Waals surface area (Å²) < 4.78 is 0. The van der Waals surface area contributed by atoms with Crippen LogP contribution in [0.25, 0.3) is 22.4 Å². The van der Waals surface area contributed by atoms with Crippen LogP contribution in [0, 0.1) is 0 Å². The lowest BCUT2D eigenvalue weighted by atomic mass is 10.1. The van der Waals surface area contributed by atoms with Gasteiger partial charge in [0.2, 0.25) is 0 Å². The lowest BCUT2D eigenvalue weighted by Gasteiger charge is -2.12. The smallest absolute Gasteiger partial charge is 0.179 e. The summed E-state index contributed by atoms with van der Waals surface area (Å²) in [7, 11) is 4.13. The van der Waals surface area contributed by atoms with Crippen molar-refractivity contribution in [1.29, 1.82) is 0 Å². The fourth-order valence-corrected chi connectivity index (χ4v) is 3.17. The third kappa shape index (κ3) is 4.34. The standard InChI is InChI=1S/C21H27N5O/c1-5-15-13-18(22-11-8-12-26(3)4)25-21(23-15)20-19(14(2)27)16-9-6-7-10-17(16)24-20/h6-7,9-10,13,24H,5,8,11-12H2,1-4H3,(H,22,23,25). The predicted octanol–water partition coefficient (Wildman–Crippen LogP) is 3.75. The number of rotatable bonds is 8. The van der Waals surface area contributed by atoms with Crippen LogP contribution in [0.2, 0.25) is 0 Å². The number of benzene rings is 1. The van der Waals surface area contributed by atoms with Gasteiger partial charge in [0.25, 0.3) is 0 Å². The SMILES string of the molecule is CCc1cc(NCCCN(C)C)nc(-c2[nH]c3ccccc3c2C(C)=O)n1. The lowest BCUT2D eigenvalue weighted by molar-refractivity contribution is 0.102. The summed E-state index contributed by atoms with van der Waals surface area (Å²) in [6.45, 7) is 5.51. The molecule has 0 aliphatic heterocycles. The van der Waals surface area contributed by atoms with Gasteiger partial charge in [-0.3, -0.25) is 4.79 Å². The average Bonchev–Trinajstić information content (AvgIpc) is 3.04. The molecule has 2 aromatic heterocycles. The molecule has 6 heteroatoms. The first-order valence-corrected chi connectivity index (χ1v) is 9.38. The van der Waals surface area contributed by atoms with Crippen molar-refractivity contribution in [3.63, 3.8) is 0 Å². The molecule has 0 amide bonds. The van der Waals surface area contributed by atoms with E-state index in [1.807, 2.05) is 30.3 Å². The molecule has 0 aliphatic rings. The summed E-state index contributed by atoms with van der Waals surface area (Å²) in [6.07, 6.45) is 1.83. The van der Waals surface area contributed by atoms with Crippen LogP contribution in [0.4, 0.5) is 5.82 Å². The van der Waals surface area contributed by atoms with Crippen molar-refractivity contribution < 1.29 is 4.79 Å². The molecule has 3 rings (SSSR count). The molecule has 0 bridgehead atoms. The number of hydrogen-bond donors (Lipinski definition) is 2. The number of fused-ring (bicyclic) bond motifs is 1. The maximum atomic E-state index is 12.3. The topological polar surface area (TPSA) is 73.9 Å². The molecule has 0 atom stereocenters. The molecular formula is C21H27N5O. The van der Waals surface area contributed by atoms with Crippen molar-refractivity contribution in [3.05, 3.63) is 41.6 Å². The molecular weight excluding hydrogens is 338 g/mol. The van der Waals surface area contributed by atoms with Crippen LogP contribution >= 0.6 is 0 Å². The van der Waals surface area contributed by atoms with E-state index in [1.165, 1.54) is 0 Å². The normalized spacial score (nSPS) is 11.3. The van der Waals surface area contributed by atoms with E-state index in [9.17, 15) is 4.79 Å². The number of aromatic amines is 1. The molecule has 0 saturated heterocycles. The molecule has 0 fully saturated rings. The number of H-pyrrole nitrogens is 1. The third-order valence-electron chi connectivity index (χ3n) is 4.51. The number of anilines is 1. The molecule has 3 aromatic rings. The number of aryl methyl sites for hydroxylation is 1. The van der Waals surface area contributed by atoms with Gasteiger partial charge in [-0.15, -0.1) is 0 Å². The van der Waals surface area contributed by atoms with Gasteiger partial charge in [-0.1, -0.05) is 25.1 Å². The minimum absolute atomic E-state index is 0.00782. The third-order valence-corrected chi connectivity index (χ3v) is 4.51. The number of nitrogens with zero attached hydrogens (tertiary/aromatic N) is 3. The van der Waals surface area contributed by atoms with Gasteiger partial charge in [0.1, 0.15) is 5.82 Å². The molecule has 2 N–H and O–H groups in total. The van der Waals surface area contributed by atoms with Crippen LogP contribution < -0.4 is 5.32 Å². The highest BCUT2D eigenvalue weighted by Gasteiger charge is 2.19. The monoisotopic (exact) mass is 365 g/mol. The molecule has 2 heterocycles. The van der Waals surface area contributed by atoms with Crippen molar-refractivity contribution in [1.82, 2.24) is 19.9 Å². The number of ketones is 1. The second-order valence-electron chi connectivity index (χ2n) is 6.98. The molecule has 0 unspecified atom stereocenters. The van der Waals surface area contributed by atoms with E-state index in [-0.39, 0.29) is 5.78 Å². The zero-order valence-electron chi connectivity index (χ0n) is 16.5. The first-order chi connectivity index (χ1) is 13.0. The molecule has 0 aliphatic carbocycles. The summed E-state index contributed by atoms with van der Waals surface area (Å²) in [5.41, 5.74) is 3.21. The Morgan fingerprint density at radius 3 is 2.70 bits per heavy atom. The molecule has 0 spiro atoms. The summed E-state index contributed by atoms with van der Waals surface area (Å²) in [4.78, 5) is 27.2. The van der Waals surface area contributed by atoms with Gasteiger partial charge >= 0.3 is 0 Å². The predicted molar refractivity (Wildman–Crippen MR) is 110 cm³/mol. The van der Waals surface area contributed by atoms with E-state index in [1.54, 1.807) is 6.92 Å². The number of para-hydroxylation sites is 1. The second kappa shape index (κ2) is 8.31. The van der Waals surface area contributed by atoms with Crippen LogP contribution in [0.5, 0.6) is 0 Å². The van der Waals surface area contributed by atoms with Crippen LogP contribution in [-0.2, 0) is 6.42 Å². The number of hydrogen-bond acceptors (Lipinski definition) is 5. The van der Waals surface area contributed by atoms with E-state index < -0.39 is 0 Å². The molecule has 0 radical (unpaired) electrons. The van der Waals surface area contributed by atoms with Crippen LogP contribution in [0.3, 0.4) is 0 Å². The zero-order chi connectivity index (χ0) is 19.4. The maximum absolute atomic E-state index is 12.3. The van der Waals surface area contributed by atoms with Gasteiger partial charge in [-0.25, -0.2) is 9.97 Å². The van der Waals surface area contributed by atoms with Crippen LogP contribution in [0.1, 0.15) is 36.3 Å². The highest BCUT2D eigenvalue weighted by atomic mass is 16.1. The minimum Gasteiger partial charge on any atom is -0.370 e. The molecule has 27 heavy (non-hydrogen) atoms. The Labute approximate surface area is 160 Å². The summed E-state index contributed by atoms with van der Waals surface area (Å²) in [5, 5.41) is 4.30. The first-order valence-electron chi connectivity index (χ1n) is 9.38. The highest BCUT2D eigenvalue weighted by Crippen LogP contribution is 2.29. The molecule has 6 nitrogen and oxygen atoms in total. The minimum atomic E-state index is 0.00782. The van der Waals surface area contributed by atoms with Crippen molar-refractivity contribution in [2.45, 2.75) is 26.7 Å². The summed E-state index contributed by atoms with van der Waals surface area (Å²) in [5.74, 6) is 1.36. The Hall–Kier alpha value is -2.73. The lowest BCUT2D eigenvalue weighted by Crippen LogP contribution is -2.17. The zero-order valence-corrected chi connectivity index (χ0v) is 16.5. The van der Waals surface area contributed by atoms with Crippen LogP contribution in [0.15, 0.2) is 30.3 Å². The van der Waals surface area contributed by atoms with Gasteiger partial charge in [0, 0.05) is 29.2 Å². The van der Waals surface area contributed by atoms with E-state index in [4.69, 9.17) is 0 Å². The Balaban J connectivity index is 1.99. The van der Waals surface area contributed by atoms with Gasteiger partial charge in [-0.05, 0) is 46.5 Å². The Kier molecular flexibility index (Phi) is 5.86. The van der Waals surface area contributed by atoms with Crippen molar-refractivity contribution in [2.24, 2.45) is 0 Å². The van der Waals surface area contributed by atoms with Crippen LogP contribution in [-0.4, -0.2) is 52.8 Å². The Bertz CT molecular complexity index is 945. The molecule has 142 valence electrons. The number of carbonyl (C=O) groups is 1. The largest absolute Gasteiger partial charge is 0.370 e. The number of carbonyl (C=O) groups excluding carboxylic acids is 1. The second-order valence-corrected chi connectivity index (χ2v) is 6.98. The Morgan fingerprint density at radius 2 is 2.00 bits per heavy atom. The van der Waals surface area contributed by atoms with Gasteiger partial charge in [-0.2, -0.15) is 0 Å². The van der Waals surface area contributed by atoms with E-state index in [0.717, 1.165) is 48.3 Å². The van der Waals surface area contributed by atoms with Crippen molar-refractivity contribution in [2.75, 3.05) is 32.5 Å². The van der Waals surface area contributed by atoms with E-state index >= 15 is 0 Å². The van der Waals surface area contributed by atoms with Gasteiger partial charge in [0.05, 0.1) is 11.3 Å². The number of Topliss-reactive ketones (excluding diaryl/α,β-unsaturated/α-hetero) is 1. The van der Waals surface area contributed by atoms with Gasteiger partial charge in [0.15, 0.2) is 11.6 Å². The van der Waals surface area contributed by atoms with E-state index in [2.05, 4.69) is 46.2 Å². The highest BCUT2D eigenvalue weighted by molar-refractivity contribution is 6.11. The first kappa shape index (κ1) is 19.0. The summed E-state index contributed by atoms with van der Waals surface area (Å²) in [6, 6.07) is 9.79. The number of aromatic nitrogens is 3. The molecule has 1 aromatic carbocycles. The number of nitrogens with one attached hydrogen (secondary N) is 2. The fourth-order valence-electron chi connectivity index (χ4n) is 3.17. The van der Waals surface area contributed by atoms with Crippen molar-refractivity contribution in [3.8, 4) is 11.5 Å². The quantitative estimate of drug-likeness (QED) is 0.470. The van der Waals surface area contributed by atoms with E-state index in [0.29, 0.717) is 17.1 Å². The average molecular weight is 365 g/mol. The fraction of sp³-hybridized carbons (Fsp3) is 0.381. The molecule has 0 saturated carbocycles. The van der Waals surface area contributed by atoms with Crippen molar-refractivity contribution >= 4 is 22.5 Å². The maximum Gasteiger partial charge on any atom is 0.179 e.